The summed E-state index contributed by atoms with van der Waals surface area (Å²) in [5.74, 6) is 0. The van der Waals surface area contributed by atoms with Gasteiger partial charge in [0.2, 0.25) is 0 Å². The lowest BCUT2D eigenvalue weighted by molar-refractivity contribution is 0.132. The number of hydrogen-bond acceptors (Lipinski definition) is 2. The third-order valence-corrected chi connectivity index (χ3v) is 1.51. The fraction of sp³-hybridized carbons (Fsp3) is 0.222. The highest BCUT2D eigenvalue weighted by Crippen LogP contribution is 2.11. The Kier molecular flexibility index (Phi) is 3.61. The Balaban J connectivity index is 2.52. The minimum absolute atomic E-state index is 0.432. The van der Waals surface area contributed by atoms with Crippen LogP contribution in [0.4, 0.5) is 0 Å². The van der Waals surface area contributed by atoms with Crippen LogP contribution in [0.2, 0.25) is 5.02 Å². The molecule has 1 aromatic rings. The lowest BCUT2D eigenvalue weighted by Gasteiger charge is -1.98. The first-order valence-electron chi connectivity index (χ1n) is 3.56. The topological polar surface area (TPSA) is 21.6 Å². The Morgan fingerprint density at radius 2 is 2.42 bits per heavy atom. The lowest BCUT2D eigenvalue weighted by Crippen LogP contribution is -1.85. The van der Waals surface area contributed by atoms with Crippen molar-refractivity contribution in [1.82, 2.24) is 0 Å². The van der Waals surface area contributed by atoms with Crippen LogP contribution in [0.1, 0.15) is 12.5 Å². The molecule has 0 aliphatic heterocycles. The van der Waals surface area contributed by atoms with Crippen LogP contribution in [-0.4, -0.2) is 6.21 Å². The van der Waals surface area contributed by atoms with E-state index in [0.29, 0.717) is 11.6 Å². The molecule has 0 fully saturated rings. The van der Waals surface area contributed by atoms with Gasteiger partial charge in [0.1, 0.15) is 12.8 Å². The average molecular weight is 183 g/mol. The summed E-state index contributed by atoms with van der Waals surface area (Å²) in [5.41, 5.74) is 1.00. The summed E-state index contributed by atoms with van der Waals surface area (Å²) in [5, 5.41) is 4.21. The standard InChI is InChI=1S/C9H9ClNO/c1-2-11-12-7-8-4-3-5-9(10)6-8/h3-6H,7H2,1H3. The molecule has 0 spiro atoms. The molecule has 63 valence electrons. The van der Waals surface area contributed by atoms with Crippen LogP contribution in [0.25, 0.3) is 0 Å². The molecule has 0 bridgehead atoms. The summed E-state index contributed by atoms with van der Waals surface area (Å²) in [6.07, 6.45) is 2.52. The molecule has 0 saturated heterocycles. The van der Waals surface area contributed by atoms with Crippen molar-refractivity contribution < 1.29 is 4.84 Å². The molecule has 1 radical (unpaired) electrons. The third-order valence-electron chi connectivity index (χ3n) is 1.28. The Morgan fingerprint density at radius 1 is 1.58 bits per heavy atom. The second-order valence-electron chi connectivity index (χ2n) is 2.22. The highest BCUT2D eigenvalue weighted by Gasteiger charge is 1.92. The zero-order valence-corrected chi connectivity index (χ0v) is 7.51. The first-order valence-corrected chi connectivity index (χ1v) is 3.94. The molecule has 0 heterocycles. The van der Waals surface area contributed by atoms with E-state index in [1.54, 1.807) is 6.92 Å². The fourth-order valence-electron chi connectivity index (χ4n) is 0.798. The minimum atomic E-state index is 0.432. The van der Waals surface area contributed by atoms with E-state index in [4.69, 9.17) is 16.4 Å². The van der Waals surface area contributed by atoms with E-state index in [1.165, 1.54) is 0 Å². The van der Waals surface area contributed by atoms with Crippen LogP contribution >= 0.6 is 11.6 Å². The predicted octanol–water partition coefficient (Wildman–Crippen LogP) is 2.74. The van der Waals surface area contributed by atoms with E-state index < -0.39 is 0 Å². The van der Waals surface area contributed by atoms with Crippen molar-refractivity contribution in [3.63, 3.8) is 0 Å². The van der Waals surface area contributed by atoms with Gasteiger partial charge in [-0.3, -0.25) is 0 Å². The van der Waals surface area contributed by atoms with Gasteiger partial charge in [-0.1, -0.05) is 28.9 Å². The number of hydrogen-bond donors (Lipinski definition) is 0. The molecular weight excluding hydrogens is 174 g/mol. The Morgan fingerprint density at radius 3 is 3.08 bits per heavy atom. The van der Waals surface area contributed by atoms with Crippen molar-refractivity contribution in [2.75, 3.05) is 0 Å². The smallest absolute Gasteiger partial charge is 0.142 e. The summed E-state index contributed by atoms with van der Waals surface area (Å²) >= 11 is 5.76. The number of benzene rings is 1. The molecule has 0 aliphatic rings. The quantitative estimate of drug-likeness (QED) is 0.520. The van der Waals surface area contributed by atoms with Crippen LogP contribution in [0, 0.1) is 0 Å². The summed E-state index contributed by atoms with van der Waals surface area (Å²) in [4.78, 5) is 4.88. The van der Waals surface area contributed by atoms with Gasteiger partial charge in [0, 0.05) is 5.02 Å². The van der Waals surface area contributed by atoms with Crippen molar-refractivity contribution in [3.05, 3.63) is 34.9 Å². The van der Waals surface area contributed by atoms with Gasteiger partial charge in [0.15, 0.2) is 0 Å². The van der Waals surface area contributed by atoms with Gasteiger partial charge in [0.05, 0.1) is 0 Å². The highest BCUT2D eigenvalue weighted by atomic mass is 35.5. The Labute approximate surface area is 76.8 Å². The maximum absolute atomic E-state index is 5.76. The molecule has 12 heavy (non-hydrogen) atoms. The van der Waals surface area contributed by atoms with Gasteiger partial charge in [0.25, 0.3) is 0 Å². The normalized spacial score (nSPS) is 10.5. The second kappa shape index (κ2) is 4.78. The largest absolute Gasteiger partial charge is 0.391 e. The van der Waals surface area contributed by atoms with E-state index in [9.17, 15) is 0 Å². The average Bonchev–Trinajstić information content (AvgIpc) is 2.05. The molecule has 0 unspecified atom stereocenters. The molecule has 0 amide bonds. The van der Waals surface area contributed by atoms with Crippen LogP contribution < -0.4 is 0 Å². The molecule has 2 nitrogen and oxygen atoms in total. The monoisotopic (exact) mass is 182 g/mol. The molecule has 0 aliphatic carbocycles. The summed E-state index contributed by atoms with van der Waals surface area (Å²) in [6, 6.07) is 7.46. The fourth-order valence-corrected chi connectivity index (χ4v) is 1.01. The van der Waals surface area contributed by atoms with Gasteiger partial charge < -0.3 is 4.84 Å². The molecule has 3 heteroatoms. The van der Waals surface area contributed by atoms with Gasteiger partial charge in [-0.05, 0) is 24.6 Å². The third kappa shape index (κ3) is 2.93. The Hall–Kier alpha value is -1.02. The van der Waals surface area contributed by atoms with Crippen LogP contribution in [0.5, 0.6) is 0 Å². The van der Waals surface area contributed by atoms with Crippen LogP contribution in [-0.2, 0) is 11.4 Å². The van der Waals surface area contributed by atoms with E-state index in [-0.39, 0.29) is 0 Å². The number of rotatable bonds is 3. The van der Waals surface area contributed by atoms with Crippen molar-refractivity contribution in [3.8, 4) is 0 Å². The number of nitrogens with zero attached hydrogens (tertiary/aromatic N) is 1. The van der Waals surface area contributed by atoms with Crippen molar-refractivity contribution in [2.45, 2.75) is 13.5 Å². The SMILES string of the molecule is C/[C]=N\OCc1cccc(Cl)c1. The highest BCUT2D eigenvalue weighted by molar-refractivity contribution is 6.30. The molecular formula is C9H9ClNO. The van der Waals surface area contributed by atoms with Crippen LogP contribution in [0.15, 0.2) is 29.4 Å². The zero-order valence-electron chi connectivity index (χ0n) is 6.75. The van der Waals surface area contributed by atoms with E-state index in [1.807, 2.05) is 24.3 Å². The summed E-state index contributed by atoms with van der Waals surface area (Å²) in [7, 11) is 0. The maximum Gasteiger partial charge on any atom is 0.142 e. The van der Waals surface area contributed by atoms with E-state index >= 15 is 0 Å². The second-order valence-corrected chi connectivity index (χ2v) is 2.65. The molecule has 0 N–H and O–H groups in total. The van der Waals surface area contributed by atoms with E-state index in [2.05, 4.69) is 11.4 Å². The lowest BCUT2D eigenvalue weighted by atomic mass is 10.2. The first-order chi connectivity index (χ1) is 5.83. The molecule has 0 atom stereocenters. The molecule has 0 saturated carbocycles. The molecule has 0 aromatic heterocycles. The molecule has 1 rings (SSSR count). The van der Waals surface area contributed by atoms with Crippen molar-refractivity contribution >= 4 is 17.8 Å². The van der Waals surface area contributed by atoms with Gasteiger partial charge >= 0.3 is 0 Å². The van der Waals surface area contributed by atoms with E-state index in [0.717, 1.165) is 5.56 Å². The molecule has 1 aromatic carbocycles. The zero-order chi connectivity index (χ0) is 8.81. The Bertz CT molecular complexity index is 273. The van der Waals surface area contributed by atoms with Gasteiger partial charge in [-0.25, -0.2) is 0 Å². The van der Waals surface area contributed by atoms with Gasteiger partial charge in [-0.15, -0.1) is 0 Å². The summed E-state index contributed by atoms with van der Waals surface area (Å²) in [6.45, 7) is 2.11. The maximum atomic E-state index is 5.76. The van der Waals surface area contributed by atoms with Crippen molar-refractivity contribution in [1.29, 1.82) is 0 Å². The summed E-state index contributed by atoms with van der Waals surface area (Å²) < 4.78 is 0. The van der Waals surface area contributed by atoms with Crippen LogP contribution in [0.3, 0.4) is 0 Å². The minimum Gasteiger partial charge on any atom is -0.391 e. The van der Waals surface area contributed by atoms with Crippen molar-refractivity contribution in [2.24, 2.45) is 5.16 Å². The predicted molar refractivity (Wildman–Crippen MR) is 49.4 cm³/mol. The first kappa shape index (κ1) is 9.07. The number of halogens is 1. The van der Waals surface area contributed by atoms with Gasteiger partial charge in [-0.2, -0.15) is 0 Å².